The van der Waals surface area contributed by atoms with E-state index in [4.69, 9.17) is 14.2 Å². The molecule has 3 aromatic rings. The van der Waals surface area contributed by atoms with Gasteiger partial charge < -0.3 is 18.7 Å². The number of hydrogen-bond acceptors (Lipinski definition) is 4. The van der Waals surface area contributed by atoms with Crippen LogP contribution in [0.15, 0.2) is 78.9 Å². The second-order valence-corrected chi connectivity index (χ2v) is 13.1. The smallest absolute Gasteiger partial charge is 0.200 e. The second kappa shape index (κ2) is 14.0. The van der Waals surface area contributed by atoms with E-state index < -0.39 is 0 Å². The van der Waals surface area contributed by atoms with Crippen molar-refractivity contribution in [3.63, 3.8) is 0 Å². The van der Waals surface area contributed by atoms with Gasteiger partial charge in [-0.2, -0.15) is 0 Å². The third-order valence-corrected chi connectivity index (χ3v) is 6.95. The zero-order chi connectivity index (χ0) is 29.2. The topological polar surface area (TPSA) is 44.8 Å². The molecule has 0 bridgehead atoms. The maximum atomic E-state index is 12.2. The Hall–Kier alpha value is -3.15. The number of ketones is 1. The second-order valence-electron chi connectivity index (χ2n) is 13.1. The van der Waals surface area contributed by atoms with Gasteiger partial charge in [0.15, 0.2) is 12.4 Å². The van der Waals surface area contributed by atoms with Crippen LogP contribution in [0, 0.1) is 5.41 Å². The molecule has 0 saturated carbocycles. The lowest BCUT2D eigenvalue weighted by Crippen LogP contribution is -2.41. The van der Waals surface area contributed by atoms with Crippen LogP contribution in [-0.2, 0) is 16.7 Å². The number of benzene rings is 3. The van der Waals surface area contributed by atoms with E-state index in [0.29, 0.717) is 31.1 Å². The number of rotatable bonds is 15. The number of quaternary nitrogens is 1. The van der Waals surface area contributed by atoms with Crippen LogP contribution in [0.5, 0.6) is 11.5 Å². The summed E-state index contributed by atoms with van der Waals surface area (Å²) in [7, 11) is 4.40. The Kier molecular flexibility index (Phi) is 11.0. The first-order chi connectivity index (χ1) is 18.8. The maximum absolute atomic E-state index is 12.2. The number of nitrogens with zero attached hydrogens (tertiary/aromatic N) is 1. The third-order valence-electron chi connectivity index (χ3n) is 6.95. The summed E-state index contributed by atoms with van der Waals surface area (Å²) in [5.41, 5.74) is 3.63. The zero-order valence-corrected chi connectivity index (χ0v) is 25.5. The molecule has 5 heteroatoms. The van der Waals surface area contributed by atoms with Gasteiger partial charge in [-0.3, -0.25) is 4.79 Å². The molecule has 0 amide bonds. The van der Waals surface area contributed by atoms with Gasteiger partial charge in [-0.15, -0.1) is 0 Å². The number of carbonyl (C=O) groups is 1. The van der Waals surface area contributed by atoms with Crippen molar-refractivity contribution in [2.75, 3.05) is 47.1 Å². The highest BCUT2D eigenvalue weighted by Gasteiger charge is 2.27. The molecule has 3 aromatic carbocycles. The molecule has 40 heavy (non-hydrogen) atoms. The molecule has 3 rings (SSSR count). The molecule has 0 spiro atoms. The van der Waals surface area contributed by atoms with Gasteiger partial charge in [-0.25, -0.2) is 0 Å². The van der Waals surface area contributed by atoms with Gasteiger partial charge in [-0.05, 0) is 59.2 Å². The van der Waals surface area contributed by atoms with E-state index in [9.17, 15) is 4.79 Å². The SMILES string of the molecule is CC(C)(C)CC(C)(C)c1ccc(OCCOCC[N+](C)(C)Cc2ccc(OCC(=O)c3ccccc3)cc2)cc1. The fourth-order valence-electron chi connectivity index (χ4n) is 5.18. The quantitative estimate of drug-likeness (QED) is 0.114. The van der Waals surface area contributed by atoms with E-state index >= 15 is 0 Å². The Labute approximate surface area is 241 Å². The fourth-order valence-corrected chi connectivity index (χ4v) is 5.18. The fraction of sp³-hybridized carbons (Fsp3) is 0.457. The van der Waals surface area contributed by atoms with Crippen LogP contribution in [0.2, 0.25) is 0 Å². The van der Waals surface area contributed by atoms with Crippen LogP contribution >= 0.6 is 0 Å². The van der Waals surface area contributed by atoms with Crippen molar-refractivity contribution < 1.29 is 23.5 Å². The molecule has 0 heterocycles. The largest absolute Gasteiger partial charge is 0.491 e. The average molecular weight is 547 g/mol. The van der Waals surface area contributed by atoms with Crippen LogP contribution < -0.4 is 9.47 Å². The number of likely N-dealkylation sites (N-methyl/N-ethyl adjacent to an activating group) is 1. The van der Waals surface area contributed by atoms with Gasteiger partial charge in [-0.1, -0.05) is 77.1 Å². The number of hydrogen-bond donors (Lipinski definition) is 0. The van der Waals surface area contributed by atoms with Gasteiger partial charge in [0.2, 0.25) is 0 Å². The van der Waals surface area contributed by atoms with Gasteiger partial charge in [0, 0.05) is 11.1 Å². The first-order valence-corrected chi connectivity index (χ1v) is 14.3. The third kappa shape index (κ3) is 10.8. The Balaban J connectivity index is 1.33. The maximum Gasteiger partial charge on any atom is 0.200 e. The Morgan fingerprint density at radius 3 is 1.95 bits per heavy atom. The molecule has 0 radical (unpaired) electrons. The molecule has 0 aliphatic carbocycles. The molecule has 0 unspecified atom stereocenters. The lowest BCUT2D eigenvalue weighted by atomic mass is 9.72. The number of ether oxygens (including phenoxy) is 3. The predicted molar refractivity (Wildman–Crippen MR) is 163 cm³/mol. The molecule has 0 saturated heterocycles. The monoisotopic (exact) mass is 546 g/mol. The van der Waals surface area contributed by atoms with Crippen molar-refractivity contribution in [1.29, 1.82) is 0 Å². The van der Waals surface area contributed by atoms with E-state index in [2.05, 4.69) is 85.1 Å². The predicted octanol–water partition coefficient (Wildman–Crippen LogP) is 7.33. The van der Waals surface area contributed by atoms with Crippen LogP contribution in [-0.4, -0.2) is 57.3 Å². The zero-order valence-electron chi connectivity index (χ0n) is 25.5. The van der Waals surface area contributed by atoms with E-state index in [1.807, 2.05) is 30.3 Å². The normalized spacial score (nSPS) is 12.3. The van der Waals surface area contributed by atoms with Crippen LogP contribution in [0.1, 0.15) is 62.5 Å². The summed E-state index contributed by atoms with van der Waals surface area (Å²) in [5, 5.41) is 0. The van der Waals surface area contributed by atoms with Crippen LogP contribution in [0.3, 0.4) is 0 Å². The molecule has 0 atom stereocenters. The van der Waals surface area contributed by atoms with E-state index in [-0.39, 0.29) is 23.2 Å². The van der Waals surface area contributed by atoms with E-state index in [1.165, 1.54) is 11.1 Å². The highest BCUT2D eigenvalue weighted by molar-refractivity contribution is 5.97. The highest BCUT2D eigenvalue weighted by Crippen LogP contribution is 2.36. The standard InChI is InChI=1S/C35H48NO4/c1-34(2,3)27-35(4,5)30-15-19-31(20-16-30)39-24-23-38-22-21-36(6,7)25-28-13-17-32(18-14-28)40-26-33(37)29-11-9-8-10-12-29/h8-20H,21-27H2,1-7H3/q+1. The summed E-state index contributed by atoms with van der Waals surface area (Å²) >= 11 is 0. The molecule has 5 nitrogen and oxygen atoms in total. The highest BCUT2D eigenvalue weighted by atomic mass is 16.5. The molecule has 216 valence electrons. The summed E-state index contributed by atoms with van der Waals surface area (Å²) in [6, 6.07) is 25.7. The summed E-state index contributed by atoms with van der Waals surface area (Å²) in [6.07, 6.45) is 1.12. The Morgan fingerprint density at radius 2 is 1.32 bits per heavy atom. The minimum Gasteiger partial charge on any atom is -0.491 e. The average Bonchev–Trinajstić information content (AvgIpc) is 2.89. The molecule has 0 N–H and O–H groups in total. The lowest BCUT2D eigenvalue weighted by Gasteiger charge is -2.33. The van der Waals surface area contributed by atoms with Gasteiger partial charge in [0.05, 0.1) is 27.3 Å². The minimum absolute atomic E-state index is 0.0265. The Morgan fingerprint density at radius 1 is 0.725 bits per heavy atom. The minimum atomic E-state index is -0.0265. The van der Waals surface area contributed by atoms with Crippen LogP contribution in [0.4, 0.5) is 0 Å². The van der Waals surface area contributed by atoms with Gasteiger partial charge in [0.1, 0.15) is 31.2 Å². The van der Waals surface area contributed by atoms with Crippen molar-refractivity contribution in [3.05, 3.63) is 95.6 Å². The lowest BCUT2D eigenvalue weighted by molar-refractivity contribution is -0.904. The van der Waals surface area contributed by atoms with Crippen molar-refractivity contribution in [2.24, 2.45) is 5.41 Å². The molecule has 0 aromatic heterocycles. The summed E-state index contributed by atoms with van der Waals surface area (Å²) in [5.74, 6) is 1.55. The van der Waals surface area contributed by atoms with E-state index in [0.717, 1.165) is 29.7 Å². The molecule has 0 aliphatic heterocycles. The van der Waals surface area contributed by atoms with Crippen molar-refractivity contribution in [3.8, 4) is 11.5 Å². The van der Waals surface area contributed by atoms with Crippen molar-refractivity contribution >= 4 is 5.78 Å². The van der Waals surface area contributed by atoms with Gasteiger partial charge in [0.25, 0.3) is 0 Å². The molecule has 0 fully saturated rings. The number of Topliss-reactive ketones (excluding diaryl/α,β-unsaturated/α-hetero) is 1. The molecule has 0 aliphatic rings. The van der Waals surface area contributed by atoms with Gasteiger partial charge >= 0.3 is 0 Å². The summed E-state index contributed by atoms with van der Waals surface area (Å²) in [4.78, 5) is 12.2. The first-order valence-electron chi connectivity index (χ1n) is 14.3. The van der Waals surface area contributed by atoms with Crippen LogP contribution in [0.25, 0.3) is 0 Å². The molecular weight excluding hydrogens is 498 g/mol. The summed E-state index contributed by atoms with van der Waals surface area (Å²) < 4.78 is 18.3. The Bertz CT molecular complexity index is 1180. The van der Waals surface area contributed by atoms with Crippen molar-refractivity contribution in [1.82, 2.24) is 0 Å². The summed E-state index contributed by atoms with van der Waals surface area (Å²) in [6.45, 7) is 15.0. The number of carbonyl (C=O) groups excluding carboxylic acids is 1. The van der Waals surface area contributed by atoms with Crippen molar-refractivity contribution in [2.45, 2.75) is 53.0 Å². The van der Waals surface area contributed by atoms with E-state index in [1.54, 1.807) is 12.1 Å². The first kappa shape index (κ1) is 31.4. The molecular formula is C35H48NO4+.